The van der Waals surface area contributed by atoms with E-state index in [1.54, 1.807) is 12.1 Å². The third-order valence-corrected chi connectivity index (χ3v) is 4.75. The fourth-order valence-corrected chi connectivity index (χ4v) is 3.16. The fraction of sp³-hybridized carbons (Fsp3) is 0.474. The highest BCUT2D eigenvalue weighted by Crippen LogP contribution is 2.20. The standard InChI is InChI=1S/C19H24N4O2/c1-11(2)23-10-14(7-18(23)24)9-20-19(25)15-5-6-16-17(8-15)22-13(4)12(3)21-16/h5-6,8,11,14H,7,9-10H2,1-4H3,(H,20,25). The molecule has 25 heavy (non-hydrogen) atoms. The molecule has 2 amide bonds. The summed E-state index contributed by atoms with van der Waals surface area (Å²) < 4.78 is 0. The SMILES string of the molecule is Cc1nc2ccc(C(=O)NCC3CC(=O)N(C(C)C)C3)cc2nc1C. The van der Waals surface area contributed by atoms with Gasteiger partial charge < -0.3 is 10.2 Å². The van der Waals surface area contributed by atoms with Crippen molar-refractivity contribution in [2.45, 2.75) is 40.2 Å². The second-order valence-corrected chi connectivity index (χ2v) is 7.02. The molecule has 0 aliphatic carbocycles. The molecule has 1 aromatic heterocycles. The average molecular weight is 340 g/mol. The van der Waals surface area contributed by atoms with Crippen molar-refractivity contribution < 1.29 is 9.59 Å². The van der Waals surface area contributed by atoms with Gasteiger partial charge in [-0.15, -0.1) is 0 Å². The average Bonchev–Trinajstić information content (AvgIpc) is 2.94. The van der Waals surface area contributed by atoms with Crippen molar-refractivity contribution in [2.75, 3.05) is 13.1 Å². The molecule has 1 aliphatic heterocycles. The van der Waals surface area contributed by atoms with Crippen LogP contribution in [-0.4, -0.2) is 45.8 Å². The zero-order chi connectivity index (χ0) is 18.1. The number of nitrogens with one attached hydrogen (secondary N) is 1. The molecular weight excluding hydrogens is 316 g/mol. The number of hydrogen-bond acceptors (Lipinski definition) is 4. The van der Waals surface area contributed by atoms with Crippen molar-refractivity contribution in [3.8, 4) is 0 Å². The van der Waals surface area contributed by atoms with Crippen LogP contribution in [0.4, 0.5) is 0 Å². The number of likely N-dealkylation sites (tertiary alicyclic amines) is 1. The number of rotatable bonds is 4. The van der Waals surface area contributed by atoms with E-state index < -0.39 is 0 Å². The van der Waals surface area contributed by atoms with Gasteiger partial charge in [-0.3, -0.25) is 9.59 Å². The number of hydrogen-bond donors (Lipinski definition) is 1. The third-order valence-electron chi connectivity index (χ3n) is 4.75. The maximum Gasteiger partial charge on any atom is 0.251 e. The number of fused-ring (bicyclic) bond motifs is 1. The van der Waals surface area contributed by atoms with Gasteiger partial charge in [-0.1, -0.05) is 0 Å². The molecule has 2 aromatic rings. The Morgan fingerprint density at radius 1 is 1.24 bits per heavy atom. The van der Waals surface area contributed by atoms with Gasteiger partial charge >= 0.3 is 0 Å². The molecule has 1 aromatic carbocycles. The molecule has 6 heteroatoms. The first-order chi connectivity index (χ1) is 11.8. The third kappa shape index (κ3) is 3.62. The first-order valence-electron chi connectivity index (χ1n) is 8.68. The number of aryl methyl sites for hydroxylation is 2. The Kier molecular flexibility index (Phi) is 4.70. The van der Waals surface area contributed by atoms with E-state index in [9.17, 15) is 9.59 Å². The van der Waals surface area contributed by atoms with Crippen LogP contribution in [0.1, 0.15) is 42.0 Å². The van der Waals surface area contributed by atoms with E-state index in [-0.39, 0.29) is 23.8 Å². The topological polar surface area (TPSA) is 75.2 Å². The van der Waals surface area contributed by atoms with Gasteiger partial charge in [0.2, 0.25) is 5.91 Å². The van der Waals surface area contributed by atoms with E-state index in [1.165, 1.54) is 0 Å². The molecule has 3 rings (SSSR count). The summed E-state index contributed by atoms with van der Waals surface area (Å²) in [6.07, 6.45) is 0.500. The smallest absolute Gasteiger partial charge is 0.251 e. The predicted molar refractivity (Wildman–Crippen MR) is 96.3 cm³/mol. The van der Waals surface area contributed by atoms with Crippen molar-refractivity contribution >= 4 is 22.8 Å². The Bertz CT molecular complexity index is 832. The largest absolute Gasteiger partial charge is 0.352 e. The van der Waals surface area contributed by atoms with Gasteiger partial charge in [-0.2, -0.15) is 0 Å². The van der Waals surface area contributed by atoms with E-state index in [0.29, 0.717) is 25.1 Å². The summed E-state index contributed by atoms with van der Waals surface area (Å²) in [6.45, 7) is 9.07. The molecule has 1 N–H and O–H groups in total. The van der Waals surface area contributed by atoms with Crippen molar-refractivity contribution in [1.82, 2.24) is 20.2 Å². The van der Waals surface area contributed by atoms with Crippen LogP contribution >= 0.6 is 0 Å². The van der Waals surface area contributed by atoms with Gasteiger partial charge in [0, 0.05) is 37.0 Å². The lowest BCUT2D eigenvalue weighted by molar-refractivity contribution is -0.129. The zero-order valence-corrected chi connectivity index (χ0v) is 15.2. The van der Waals surface area contributed by atoms with E-state index in [4.69, 9.17) is 0 Å². The number of benzene rings is 1. The number of nitrogens with zero attached hydrogens (tertiary/aromatic N) is 3. The van der Waals surface area contributed by atoms with Crippen LogP contribution in [-0.2, 0) is 4.79 Å². The van der Waals surface area contributed by atoms with Gasteiger partial charge in [0.15, 0.2) is 0 Å². The maximum absolute atomic E-state index is 12.4. The molecule has 1 unspecified atom stereocenters. The molecule has 1 aliphatic rings. The molecule has 6 nitrogen and oxygen atoms in total. The Labute approximate surface area is 147 Å². The second kappa shape index (κ2) is 6.78. The molecule has 132 valence electrons. The van der Waals surface area contributed by atoms with Crippen LogP contribution in [0.2, 0.25) is 0 Å². The predicted octanol–water partition coefficient (Wildman–Crippen LogP) is 2.23. The summed E-state index contributed by atoms with van der Waals surface area (Å²) in [5, 5.41) is 2.95. The molecular formula is C19H24N4O2. The second-order valence-electron chi connectivity index (χ2n) is 7.02. The lowest BCUT2D eigenvalue weighted by Crippen LogP contribution is -2.34. The van der Waals surface area contributed by atoms with Gasteiger partial charge in [0.1, 0.15) is 0 Å². The maximum atomic E-state index is 12.4. The normalized spacial score (nSPS) is 17.6. The van der Waals surface area contributed by atoms with Gasteiger partial charge in [-0.05, 0) is 45.9 Å². The van der Waals surface area contributed by atoms with Gasteiger partial charge in [0.05, 0.1) is 22.4 Å². The number of aromatic nitrogens is 2. The fourth-order valence-electron chi connectivity index (χ4n) is 3.16. The molecule has 2 heterocycles. The summed E-state index contributed by atoms with van der Waals surface area (Å²) in [4.78, 5) is 35.2. The molecule has 0 radical (unpaired) electrons. The zero-order valence-electron chi connectivity index (χ0n) is 15.2. The van der Waals surface area contributed by atoms with Crippen LogP contribution in [0.5, 0.6) is 0 Å². The quantitative estimate of drug-likeness (QED) is 0.926. The van der Waals surface area contributed by atoms with Crippen LogP contribution in [0.3, 0.4) is 0 Å². The van der Waals surface area contributed by atoms with Crippen LogP contribution in [0.25, 0.3) is 11.0 Å². The minimum absolute atomic E-state index is 0.141. The summed E-state index contributed by atoms with van der Waals surface area (Å²) in [5.74, 6) is 0.197. The highest BCUT2D eigenvalue weighted by atomic mass is 16.2. The Morgan fingerprint density at radius 3 is 2.56 bits per heavy atom. The highest BCUT2D eigenvalue weighted by molar-refractivity contribution is 5.97. The molecule has 0 bridgehead atoms. The Balaban J connectivity index is 1.67. The first kappa shape index (κ1) is 17.3. The molecule has 1 fully saturated rings. The summed E-state index contributed by atoms with van der Waals surface area (Å²) in [6, 6.07) is 5.56. The number of carbonyl (C=O) groups is 2. The van der Waals surface area contributed by atoms with Crippen molar-refractivity contribution in [3.05, 3.63) is 35.2 Å². The highest BCUT2D eigenvalue weighted by Gasteiger charge is 2.31. The molecule has 1 atom stereocenters. The lowest BCUT2D eigenvalue weighted by atomic mass is 10.1. The van der Waals surface area contributed by atoms with Gasteiger partial charge in [0.25, 0.3) is 5.91 Å². The number of carbonyl (C=O) groups excluding carboxylic acids is 2. The van der Waals surface area contributed by atoms with Gasteiger partial charge in [-0.25, -0.2) is 9.97 Å². The van der Waals surface area contributed by atoms with E-state index in [2.05, 4.69) is 15.3 Å². The molecule has 0 saturated carbocycles. The first-order valence-corrected chi connectivity index (χ1v) is 8.68. The van der Waals surface area contributed by atoms with Crippen LogP contribution < -0.4 is 5.32 Å². The van der Waals surface area contributed by atoms with E-state index in [0.717, 1.165) is 22.4 Å². The minimum Gasteiger partial charge on any atom is -0.352 e. The van der Waals surface area contributed by atoms with E-state index in [1.807, 2.05) is 38.7 Å². The molecule has 1 saturated heterocycles. The Morgan fingerprint density at radius 2 is 1.92 bits per heavy atom. The van der Waals surface area contributed by atoms with Crippen LogP contribution in [0.15, 0.2) is 18.2 Å². The van der Waals surface area contributed by atoms with E-state index >= 15 is 0 Å². The Hall–Kier alpha value is -2.50. The molecule has 0 spiro atoms. The summed E-state index contributed by atoms with van der Waals surface area (Å²) >= 11 is 0. The number of amides is 2. The van der Waals surface area contributed by atoms with Crippen molar-refractivity contribution in [1.29, 1.82) is 0 Å². The summed E-state index contributed by atoms with van der Waals surface area (Å²) in [7, 11) is 0. The summed E-state index contributed by atoms with van der Waals surface area (Å²) in [5.41, 5.74) is 3.83. The lowest BCUT2D eigenvalue weighted by Gasteiger charge is -2.21. The van der Waals surface area contributed by atoms with Crippen LogP contribution in [0, 0.1) is 19.8 Å². The monoisotopic (exact) mass is 340 g/mol. The van der Waals surface area contributed by atoms with Crippen molar-refractivity contribution in [2.24, 2.45) is 5.92 Å². The minimum atomic E-state index is -0.141. The van der Waals surface area contributed by atoms with Crippen molar-refractivity contribution in [3.63, 3.8) is 0 Å².